The quantitative estimate of drug-likeness (QED) is 0.226. The molecular formula is C26H42FN2O6PS2Si. The molecule has 3 heterocycles. The van der Waals surface area contributed by atoms with Crippen molar-refractivity contribution in [3.05, 3.63) is 44.8 Å². The second-order valence-corrected chi connectivity index (χ2v) is 24.2. The number of rotatable bonds is 7. The van der Waals surface area contributed by atoms with Crippen molar-refractivity contribution in [3.8, 4) is 0 Å². The smallest absolute Gasteiger partial charge is 0.330 e. The van der Waals surface area contributed by atoms with E-state index in [1.54, 1.807) is 18.3 Å². The average molecular weight is 621 g/mol. The van der Waals surface area contributed by atoms with E-state index in [2.05, 4.69) is 46.2 Å². The maximum atomic E-state index is 16.1. The fourth-order valence-electron chi connectivity index (χ4n) is 5.09. The molecule has 1 unspecified atom stereocenters. The van der Waals surface area contributed by atoms with Crippen LogP contribution in [-0.4, -0.2) is 53.7 Å². The van der Waals surface area contributed by atoms with Crippen molar-refractivity contribution >= 4 is 37.2 Å². The molecule has 8 nitrogen and oxygen atoms in total. The van der Waals surface area contributed by atoms with E-state index in [9.17, 15) is 9.59 Å². The van der Waals surface area contributed by atoms with Gasteiger partial charge in [-0.1, -0.05) is 44.3 Å². The number of ether oxygens (including phenoxy) is 1. The Hall–Kier alpha value is -0.593. The molecule has 0 radical (unpaired) electrons. The highest BCUT2D eigenvalue weighted by Crippen LogP contribution is 2.75. The predicted octanol–water partition coefficient (Wildman–Crippen LogP) is 5.98. The lowest BCUT2D eigenvalue weighted by Gasteiger charge is -2.39. The number of allylic oxidation sites excluding steroid dienone is 1. The fourth-order valence-corrected chi connectivity index (χ4v) is 13.5. The number of nitrogens with one attached hydrogen (secondary N) is 1. The summed E-state index contributed by atoms with van der Waals surface area (Å²) in [4.78, 5) is 26.8. The number of halogens is 1. The number of hydrogen-bond donors (Lipinski definition) is 1. The number of nitrogens with zero attached hydrogens (tertiary/aromatic N) is 1. The van der Waals surface area contributed by atoms with E-state index >= 15 is 4.39 Å². The Morgan fingerprint density at radius 1 is 1.41 bits per heavy atom. The minimum atomic E-state index is -2.74. The van der Waals surface area contributed by atoms with E-state index < -0.39 is 49.9 Å². The molecule has 1 aromatic rings. The maximum Gasteiger partial charge on any atom is 0.330 e. The van der Waals surface area contributed by atoms with Crippen LogP contribution < -0.4 is 11.2 Å². The van der Waals surface area contributed by atoms with Crippen molar-refractivity contribution in [1.29, 1.82) is 0 Å². The van der Waals surface area contributed by atoms with Gasteiger partial charge in [-0.25, -0.2) is 9.18 Å². The van der Waals surface area contributed by atoms with Gasteiger partial charge >= 0.3 is 5.69 Å². The molecule has 3 fully saturated rings. The molecule has 1 saturated carbocycles. The first-order valence-electron chi connectivity index (χ1n) is 13.4. The highest BCUT2D eigenvalue weighted by molar-refractivity contribution is 8.68. The Morgan fingerprint density at radius 2 is 2.08 bits per heavy atom. The Morgan fingerprint density at radius 3 is 2.69 bits per heavy atom. The van der Waals surface area contributed by atoms with Crippen LogP contribution >= 0.6 is 17.1 Å². The third-order valence-electron chi connectivity index (χ3n) is 8.76. The highest BCUT2D eigenvalue weighted by Gasteiger charge is 2.55. The minimum absolute atomic E-state index is 0.0235. The molecule has 13 heteroatoms. The normalized spacial score (nSPS) is 37.2. The van der Waals surface area contributed by atoms with Crippen LogP contribution in [0.5, 0.6) is 0 Å². The van der Waals surface area contributed by atoms with Gasteiger partial charge in [0.1, 0.15) is 12.2 Å². The molecule has 4 rings (SSSR count). The number of hydrogen-bond acceptors (Lipinski definition) is 8. The number of fused-ring (bicyclic) bond motifs is 1. The first-order valence-corrected chi connectivity index (χ1v) is 20.4. The number of aryl methyl sites for hydroxylation is 1. The summed E-state index contributed by atoms with van der Waals surface area (Å²) in [6.07, 6.45) is -0.573. The summed E-state index contributed by atoms with van der Waals surface area (Å²) in [5.41, 5.74) is -2.56. The molecule has 2 saturated heterocycles. The average Bonchev–Trinajstić information content (AvgIpc) is 3.25. The van der Waals surface area contributed by atoms with Crippen molar-refractivity contribution in [2.24, 2.45) is 5.92 Å². The van der Waals surface area contributed by atoms with Gasteiger partial charge in [0.05, 0.1) is 12.7 Å². The highest BCUT2D eigenvalue weighted by atomic mass is 32.9. The van der Waals surface area contributed by atoms with E-state index in [1.807, 2.05) is 13.1 Å². The summed E-state index contributed by atoms with van der Waals surface area (Å²) in [5.74, 6) is 0.401. The van der Waals surface area contributed by atoms with Gasteiger partial charge in [0.25, 0.3) is 5.56 Å². The maximum absolute atomic E-state index is 16.1. The molecule has 2 aliphatic heterocycles. The van der Waals surface area contributed by atoms with Gasteiger partial charge < -0.3 is 18.2 Å². The van der Waals surface area contributed by atoms with E-state index in [4.69, 9.17) is 30.0 Å². The van der Waals surface area contributed by atoms with Crippen molar-refractivity contribution < 1.29 is 22.6 Å². The molecule has 1 aromatic heterocycles. The Kier molecular flexibility index (Phi) is 8.77. The number of aromatic nitrogens is 2. The predicted molar refractivity (Wildman–Crippen MR) is 160 cm³/mol. The van der Waals surface area contributed by atoms with Crippen molar-refractivity contribution in [2.45, 2.75) is 114 Å². The first kappa shape index (κ1) is 31.3. The van der Waals surface area contributed by atoms with E-state index in [1.165, 1.54) is 6.20 Å². The zero-order chi connectivity index (χ0) is 29.1. The third-order valence-corrected chi connectivity index (χ3v) is 19.1. The molecule has 39 heavy (non-hydrogen) atoms. The standard InChI is InChI=1S/C26H42FN2O6PS2Si/c1-15(2)17-10-11-26(7)19(12-17)34-36(37,38-26)32-14-18-21(35-39(8,9)25(4,5)6)20(27)23(33-18)29-13-16(3)22(30)28-24(29)31/h13,17-21,23H,1,10-12,14H2,2-9H3,(H,28,30,31)/t17-,18+,19+,20+,21?,23+,26+,36+/m0/s1. The van der Waals surface area contributed by atoms with Gasteiger partial charge in [0.15, 0.2) is 20.7 Å². The van der Waals surface area contributed by atoms with Gasteiger partial charge in [-0.15, -0.1) is 0 Å². The topological polar surface area (TPSA) is 91.8 Å². The molecule has 3 aliphatic rings. The van der Waals surface area contributed by atoms with Gasteiger partial charge in [-0.05, 0) is 75.9 Å². The van der Waals surface area contributed by atoms with Crippen LogP contribution in [0.4, 0.5) is 4.39 Å². The molecule has 1 N–H and O–H groups in total. The molecule has 8 atom stereocenters. The van der Waals surface area contributed by atoms with Crippen LogP contribution in [-0.2, 0) is 30.0 Å². The van der Waals surface area contributed by atoms with E-state index in [0.717, 1.165) is 29.4 Å². The second-order valence-electron chi connectivity index (χ2n) is 12.9. The van der Waals surface area contributed by atoms with Crippen LogP contribution in [0, 0.1) is 12.8 Å². The zero-order valence-corrected chi connectivity index (χ0v) is 27.6. The number of aromatic amines is 1. The molecule has 0 amide bonds. The molecule has 1 aliphatic carbocycles. The summed E-state index contributed by atoms with van der Waals surface area (Å²) >= 11 is 7.53. The van der Waals surface area contributed by atoms with Crippen LogP contribution in [0.15, 0.2) is 27.9 Å². The van der Waals surface area contributed by atoms with Crippen molar-refractivity contribution in [2.75, 3.05) is 6.61 Å². The summed E-state index contributed by atoms with van der Waals surface area (Å²) in [6, 6.07) is 0. The zero-order valence-electron chi connectivity index (χ0n) is 24.1. The monoisotopic (exact) mass is 620 g/mol. The van der Waals surface area contributed by atoms with Crippen LogP contribution in [0.1, 0.15) is 65.7 Å². The summed E-state index contributed by atoms with van der Waals surface area (Å²) in [5, 5.41) is -0.178. The summed E-state index contributed by atoms with van der Waals surface area (Å²) in [7, 11) is -2.43. The van der Waals surface area contributed by atoms with E-state index in [-0.39, 0.29) is 28.1 Å². The first-order chi connectivity index (χ1) is 17.9. The van der Waals surface area contributed by atoms with Gasteiger partial charge in [-0.2, -0.15) is 0 Å². The lowest BCUT2D eigenvalue weighted by molar-refractivity contribution is -0.0441. The second kappa shape index (κ2) is 10.9. The van der Waals surface area contributed by atoms with Crippen molar-refractivity contribution in [3.63, 3.8) is 0 Å². The lowest BCUT2D eigenvalue weighted by Crippen LogP contribution is -2.49. The third kappa shape index (κ3) is 6.28. The van der Waals surface area contributed by atoms with Gasteiger partial charge in [0, 0.05) is 16.5 Å². The van der Waals surface area contributed by atoms with Crippen molar-refractivity contribution in [1.82, 2.24) is 9.55 Å². The van der Waals surface area contributed by atoms with Gasteiger partial charge in [-0.3, -0.25) is 14.3 Å². The molecule has 0 aromatic carbocycles. The number of H-pyrrole nitrogens is 1. The SMILES string of the molecule is C=C(C)[C@H]1CC[C@@]2(C)S[P@](=S)(OC[C@H]3O[C@@H](n4cc(C)c(=O)[nH]c4=O)[C@H](F)C3O[Si](C)(C)C(C)(C)C)O[C@@H]2C1. The number of alkyl halides is 1. The van der Waals surface area contributed by atoms with Crippen LogP contribution in [0.2, 0.25) is 18.1 Å². The Bertz CT molecular complexity index is 1280. The van der Waals surface area contributed by atoms with Crippen LogP contribution in [0.25, 0.3) is 0 Å². The summed E-state index contributed by atoms with van der Waals surface area (Å²) in [6.45, 7) is 20.2. The van der Waals surface area contributed by atoms with Gasteiger partial charge in [0.2, 0.25) is 5.69 Å². The molecule has 0 bridgehead atoms. The minimum Gasteiger partial charge on any atom is -0.408 e. The Labute approximate surface area is 240 Å². The van der Waals surface area contributed by atoms with Crippen LogP contribution in [0.3, 0.4) is 0 Å². The summed E-state index contributed by atoms with van der Waals surface area (Å²) < 4.78 is 42.5. The molecule has 0 spiro atoms. The lowest BCUT2D eigenvalue weighted by atomic mass is 9.77. The van der Waals surface area contributed by atoms with E-state index in [0.29, 0.717) is 5.92 Å². The fraction of sp³-hybridized carbons (Fsp3) is 0.769. The largest absolute Gasteiger partial charge is 0.408 e. The Balaban J connectivity index is 1.57. The molecular weight excluding hydrogens is 578 g/mol. The molecule has 220 valence electrons.